The van der Waals surface area contributed by atoms with Crippen molar-refractivity contribution < 1.29 is 14.6 Å². The van der Waals surface area contributed by atoms with Gasteiger partial charge in [0.15, 0.2) is 0 Å². The lowest BCUT2D eigenvalue weighted by atomic mass is 10.1. The minimum Gasteiger partial charge on any atom is -0.481 e. The number of rotatable bonds is 6. The Hall–Kier alpha value is -0.300. The Balaban J connectivity index is 1.84. The van der Waals surface area contributed by atoms with E-state index in [0.717, 1.165) is 50.8 Å². The number of morpholine rings is 1. The molecule has 2 unspecified atom stereocenters. The van der Waals surface area contributed by atoms with Crippen molar-refractivity contribution in [1.29, 1.82) is 0 Å². The quantitative estimate of drug-likeness (QED) is 0.795. The Labute approximate surface area is 132 Å². The minimum atomic E-state index is -0.696. The summed E-state index contributed by atoms with van der Waals surface area (Å²) in [4.78, 5) is 15.8. The number of thioether (sulfide) groups is 1. The maximum atomic E-state index is 11.0. The number of ether oxygens (including phenoxy) is 1. The molecule has 1 N–H and O–H groups in total. The average molecular weight is 316 g/mol. The van der Waals surface area contributed by atoms with Crippen molar-refractivity contribution in [2.24, 2.45) is 5.92 Å². The molecular formula is C15H28N2O3S. The number of carbonyl (C=O) groups is 1. The summed E-state index contributed by atoms with van der Waals surface area (Å²) in [6, 6.07) is 0.158. The van der Waals surface area contributed by atoms with Gasteiger partial charge in [-0.1, -0.05) is 13.8 Å². The molecule has 0 bridgehead atoms. The Morgan fingerprint density at radius 3 is 2.95 bits per heavy atom. The molecular weight excluding hydrogens is 288 g/mol. The molecule has 0 amide bonds. The van der Waals surface area contributed by atoms with Crippen LogP contribution in [0.15, 0.2) is 0 Å². The highest BCUT2D eigenvalue weighted by atomic mass is 32.2. The van der Waals surface area contributed by atoms with Gasteiger partial charge in [-0.25, -0.2) is 0 Å². The predicted octanol–water partition coefficient (Wildman–Crippen LogP) is 1.24. The fraction of sp³-hybridized carbons (Fsp3) is 0.933. The molecule has 0 saturated carbocycles. The Bertz CT molecular complexity index is 341. The summed E-state index contributed by atoms with van der Waals surface area (Å²) in [5.41, 5.74) is 0. The van der Waals surface area contributed by atoms with Crippen LogP contribution in [0.4, 0.5) is 0 Å². The van der Waals surface area contributed by atoms with Gasteiger partial charge in [-0.15, -0.1) is 0 Å². The largest absolute Gasteiger partial charge is 0.481 e. The van der Waals surface area contributed by atoms with Crippen LogP contribution < -0.4 is 0 Å². The number of hydrogen-bond donors (Lipinski definition) is 1. The van der Waals surface area contributed by atoms with E-state index in [1.165, 1.54) is 0 Å². The third kappa shape index (κ3) is 5.77. The van der Waals surface area contributed by atoms with E-state index in [-0.39, 0.29) is 18.6 Å². The van der Waals surface area contributed by atoms with Crippen LogP contribution in [0, 0.1) is 5.92 Å². The van der Waals surface area contributed by atoms with E-state index in [4.69, 9.17) is 9.84 Å². The zero-order valence-corrected chi connectivity index (χ0v) is 14.0. The van der Waals surface area contributed by atoms with Gasteiger partial charge in [0.1, 0.15) is 0 Å². The molecule has 122 valence electrons. The van der Waals surface area contributed by atoms with Gasteiger partial charge in [0, 0.05) is 50.3 Å². The van der Waals surface area contributed by atoms with Crippen LogP contribution >= 0.6 is 11.8 Å². The first-order valence-corrected chi connectivity index (χ1v) is 9.07. The molecule has 2 saturated heterocycles. The zero-order valence-electron chi connectivity index (χ0n) is 13.2. The van der Waals surface area contributed by atoms with Crippen molar-refractivity contribution in [3.63, 3.8) is 0 Å². The van der Waals surface area contributed by atoms with Gasteiger partial charge in [-0.05, 0) is 5.92 Å². The third-order valence-electron chi connectivity index (χ3n) is 4.04. The summed E-state index contributed by atoms with van der Waals surface area (Å²) in [6.45, 7) is 10.2. The van der Waals surface area contributed by atoms with Crippen molar-refractivity contribution in [2.75, 3.05) is 50.8 Å². The van der Waals surface area contributed by atoms with Gasteiger partial charge in [-0.2, -0.15) is 11.8 Å². The summed E-state index contributed by atoms with van der Waals surface area (Å²) >= 11 is 1.86. The summed E-state index contributed by atoms with van der Waals surface area (Å²) in [5.74, 6) is 2.00. The molecule has 2 fully saturated rings. The van der Waals surface area contributed by atoms with Gasteiger partial charge in [0.25, 0.3) is 0 Å². The molecule has 21 heavy (non-hydrogen) atoms. The van der Waals surface area contributed by atoms with Crippen molar-refractivity contribution in [1.82, 2.24) is 9.80 Å². The highest BCUT2D eigenvalue weighted by Gasteiger charge is 2.29. The lowest BCUT2D eigenvalue weighted by Crippen LogP contribution is -2.52. The van der Waals surface area contributed by atoms with Crippen molar-refractivity contribution in [3.8, 4) is 0 Å². The minimum absolute atomic E-state index is 0.158. The lowest BCUT2D eigenvalue weighted by molar-refractivity contribution is -0.138. The zero-order chi connectivity index (χ0) is 15.2. The molecule has 0 aromatic rings. The van der Waals surface area contributed by atoms with Gasteiger partial charge in [0.2, 0.25) is 0 Å². The second-order valence-electron chi connectivity index (χ2n) is 6.47. The molecule has 2 aliphatic heterocycles. The first-order valence-electron chi connectivity index (χ1n) is 7.92. The number of carboxylic acids is 1. The second kappa shape index (κ2) is 8.36. The van der Waals surface area contributed by atoms with Crippen molar-refractivity contribution in [3.05, 3.63) is 0 Å². The lowest BCUT2D eigenvalue weighted by Gasteiger charge is -2.40. The smallest absolute Gasteiger partial charge is 0.304 e. The maximum Gasteiger partial charge on any atom is 0.304 e. The normalized spacial score (nSPS) is 28.9. The molecule has 2 heterocycles. The molecule has 2 aliphatic rings. The van der Waals surface area contributed by atoms with E-state index >= 15 is 0 Å². The van der Waals surface area contributed by atoms with E-state index in [9.17, 15) is 4.79 Å². The summed E-state index contributed by atoms with van der Waals surface area (Å²) in [6.07, 6.45) is 0.465. The van der Waals surface area contributed by atoms with E-state index in [1.807, 2.05) is 11.8 Å². The molecule has 0 radical (unpaired) electrons. The monoisotopic (exact) mass is 316 g/mol. The van der Waals surface area contributed by atoms with Gasteiger partial charge in [0.05, 0.1) is 19.1 Å². The third-order valence-corrected chi connectivity index (χ3v) is 5.14. The molecule has 2 atom stereocenters. The van der Waals surface area contributed by atoms with E-state index < -0.39 is 5.97 Å². The molecule has 5 nitrogen and oxygen atoms in total. The van der Waals surface area contributed by atoms with Crippen LogP contribution in [-0.4, -0.2) is 83.9 Å². The van der Waals surface area contributed by atoms with Gasteiger partial charge >= 0.3 is 5.97 Å². The fourth-order valence-electron chi connectivity index (χ4n) is 3.15. The standard InChI is InChI=1S/C15H28N2O3S/c1-12(2)8-16-3-5-20-14(9-16)10-17-4-6-21-11-13(17)7-15(18)19/h12-14H,3-11H2,1-2H3,(H,18,19). The Kier molecular flexibility index (Phi) is 6.79. The van der Waals surface area contributed by atoms with Crippen LogP contribution in [0.5, 0.6) is 0 Å². The van der Waals surface area contributed by atoms with Crippen LogP contribution in [-0.2, 0) is 9.53 Å². The summed E-state index contributed by atoms with van der Waals surface area (Å²) in [7, 11) is 0. The average Bonchev–Trinajstić information content (AvgIpc) is 2.40. The molecule has 0 spiro atoms. The predicted molar refractivity (Wildman–Crippen MR) is 86.0 cm³/mol. The first-order chi connectivity index (χ1) is 10.0. The Morgan fingerprint density at radius 2 is 2.24 bits per heavy atom. The number of hydrogen-bond acceptors (Lipinski definition) is 5. The fourth-order valence-corrected chi connectivity index (χ4v) is 4.28. The van der Waals surface area contributed by atoms with Crippen molar-refractivity contribution >= 4 is 17.7 Å². The SMILES string of the molecule is CC(C)CN1CCOC(CN2CCSCC2CC(=O)O)C1. The highest BCUT2D eigenvalue weighted by molar-refractivity contribution is 7.99. The van der Waals surface area contributed by atoms with Crippen LogP contribution in [0.25, 0.3) is 0 Å². The number of aliphatic carboxylic acids is 1. The second-order valence-corrected chi connectivity index (χ2v) is 7.62. The topological polar surface area (TPSA) is 53.0 Å². The summed E-state index contributed by atoms with van der Waals surface area (Å²) < 4.78 is 5.91. The van der Waals surface area contributed by atoms with Crippen LogP contribution in [0.2, 0.25) is 0 Å². The Morgan fingerprint density at radius 1 is 1.43 bits per heavy atom. The highest BCUT2D eigenvalue weighted by Crippen LogP contribution is 2.20. The van der Waals surface area contributed by atoms with E-state index in [1.54, 1.807) is 0 Å². The molecule has 0 aromatic carbocycles. The van der Waals surface area contributed by atoms with Crippen LogP contribution in [0.1, 0.15) is 20.3 Å². The van der Waals surface area contributed by atoms with Crippen LogP contribution in [0.3, 0.4) is 0 Å². The molecule has 0 aromatic heterocycles. The van der Waals surface area contributed by atoms with Gasteiger partial charge < -0.3 is 9.84 Å². The first kappa shape index (κ1) is 17.1. The number of nitrogens with zero attached hydrogens (tertiary/aromatic N) is 2. The van der Waals surface area contributed by atoms with E-state index in [2.05, 4.69) is 23.6 Å². The molecule has 6 heteroatoms. The van der Waals surface area contributed by atoms with Gasteiger partial charge in [-0.3, -0.25) is 14.6 Å². The summed E-state index contributed by atoms with van der Waals surface area (Å²) in [5, 5.41) is 9.06. The number of carboxylic acid groups (broad SMARTS) is 1. The molecule has 0 aliphatic carbocycles. The van der Waals surface area contributed by atoms with E-state index in [0.29, 0.717) is 5.92 Å². The maximum absolute atomic E-state index is 11.0. The van der Waals surface area contributed by atoms with Crippen molar-refractivity contribution in [2.45, 2.75) is 32.4 Å². The molecule has 2 rings (SSSR count).